The first-order valence-electron chi connectivity index (χ1n) is 9.75. The summed E-state index contributed by atoms with van der Waals surface area (Å²) in [6.07, 6.45) is 8.11. The molecule has 0 spiro atoms. The molecular formula is C22H44O2Si2. The van der Waals surface area contributed by atoms with E-state index >= 15 is 0 Å². The Morgan fingerprint density at radius 1 is 0.885 bits per heavy atom. The summed E-state index contributed by atoms with van der Waals surface area (Å²) in [5.41, 5.74) is -0.251. The molecule has 0 heterocycles. The van der Waals surface area contributed by atoms with Crippen molar-refractivity contribution in [3.63, 3.8) is 0 Å². The van der Waals surface area contributed by atoms with Gasteiger partial charge >= 0.3 is 0 Å². The summed E-state index contributed by atoms with van der Waals surface area (Å²) >= 11 is 0. The third-order valence-electron chi connectivity index (χ3n) is 6.55. The summed E-state index contributed by atoms with van der Waals surface area (Å²) < 4.78 is 13.5. The Bertz CT molecular complexity index is 514. The molecular weight excluding hydrogens is 352 g/mol. The number of rotatable bonds is 8. The van der Waals surface area contributed by atoms with Crippen molar-refractivity contribution in [2.45, 2.75) is 110 Å². The Morgan fingerprint density at radius 3 is 1.58 bits per heavy atom. The van der Waals surface area contributed by atoms with E-state index in [0.29, 0.717) is 6.42 Å². The highest BCUT2D eigenvalue weighted by Crippen LogP contribution is 2.44. The second kappa shape index (κ2) is 8.35. The average Bonchev–Trinajstić information content (AvgIpc) is 2.41. The van der Waals surface area contributed by atoms with Crippen molar-refractivity contribution < 1.29 is 8.85 Å². The third-order valence-corrected chi connectivity index (χ3v) is 15.5. The highest BCUT2D eigenvalue weighted by atomic mass is 28.4. The first-order chi connectivity index (χ1) is 11.3. The van der Waals surface area contributed by atoms with E-state index in [9.17, 15) is 0 Å². The van der Waals surface area contributed by atoms with Crippen LogP contribution in [0.3, 0.4) is 0 Å². The van der Waals surface area contributed by atoms with E-state index in [0.717, 1.165) is 0 Å². The van der Waals surface area contributed by atoms with Crippen molar-refractivity contribution >= 4 is 16.6 Å². The van der Waals surface area contributed by atoms with Crippen LogP contribution in [0.5, 0.6) is 0 Å². The molecule has 0 aliphatic carbocycles. The molecule has 2 nitrogen and oxygen atoms in total. The van der Waals surface area contributed by atoms with Crippen LogP contribution in [0.25, 0.3) is 0 Å². The zero-order valence-electron chi connectivity index (χ0n) is 19.5. The second-order valence-electron chi connectivity index (χ2n) is 11.1. The molecule has 0 bridgehead atoms. The van der Waals surface area contributed by atoms with Crippen molar-refractivity contribution in [1.82, 2.24) is 0 Å². The monoisotopic (exact) mass is 396 g/mol. The second-order valence-corrected chi connectivity index (χ2v) is 20.6. The minimum absolute atomic E-state index is 0.0545. The van der Waals surface area contributed by atoms with Crippen LogP contribution in [0.15, 0.2) is 12.7 Å². The molecule has 0 aromatic rings. The van der Waals surface area contributed by atoms with Gasteiger partial charge in [-0.3, -0.25) is 0 Å². The summed E-state index contributed by atoms with van der Waals surface area (Å²) in [7, 11) is -3.87. The van der Waals surface area contributed by atoms with Crippen molar-refractivity contribution in [3.8, 4) is 12.3 Å². The zero-order valence-corrected chi connectivity index (χ0v) is 21.5. The molecule has 0 N–H and O–H groups in total. The standard InChI is InChI=1S/C22H44O2Si2/c1-15-17-19(24-26(13,14)21(6,7)8)22(9,10)18(16-2)23-25(11,12)20(3,4)5/h1,16,18-19H,2,17H2,3-14H3. The highest BCUT2D eigenvalue weighted by molar-refractivity contribution is 6.74. The van der Waals surface area contributed by atoms with Crippen LogP contribution >= 0.6 is 0 Å². The average molecular weight is 397 g/mol. The maximum absolute atomic E-state index is 6.77. The van der Waals surface area contributed by atoms with E-state index in [-0.39, 0.29) is 27.7 Å². The lowest BCUT2D eigenvalue weighted by Gasteiger charge is -2.48. The van der Waals surface area contributed by atoms with Gasteiger partial charge in [0.15, 0.2) is 16.6 Å². The van der Waals surface area contributed by atoms with Gasteiger partial charge in [0.25, 0.3) is 0 Å². The lowest BCUT2D eigenvalue weighted by Crippen LogP contribution is -2.54. The molecule has 0 aromatic heterocycles. The number of hydrogen-bond acceptors (Lipinski definition) is 2. The van der Waals surface area contributed by atoms with Gasteiger partial charge in [-0.05, 0) is 36.3 Å². The molecule has 0 aromatic carbocycles. The molecule has 0 fully saturated rings. The minimum Gasteiger partial charge on any atom is -0.412 e. The van der Waals surface area contributed by atoms with Crippen LogP contribution in [0, 0.1) is 17.8 Å². The molecule has 0 saturated heterocycles. The third kappa shape index (κ3) is 6.09. The largest absolute Gasteiger partial charge is 0.412 e. The Hall–Kier alpha value is -0.346. The first kappa shape index (κ1) is 25.7. The van der Waals surface area contributed by atoms with Gasteiger partial charge in [-0.2, -0.15) is 0 Å². The smallest absolute Gasteiger partial charge is 0.192 e. The quantitative estimate of drug-likeness (QED) is 0.250. The first-order valence-corrected chi connectivity index (χ1v) is 15.6. The van der Waals surface area contributed by atoms with Gasteiger partial charge in [0.1, 0.15) is 0 Å². The SMILES string of the molecule is C#CCC(O[Si](C)(C)C(C)(C)C)C(C)(C)C(C=C)O[Si](C)(C)C(C)(C)C. The van der Waals surface area contributed by atoms with E-state index in [1.807, 2.05) is 6.08 Å². The molecule has 0 saturated carbocycles. The fourth-order valence-electron chi connectivity index (χ4n) is 2.28. The van der Waals surface area contributed by atoms with Crippen LogP contribution in [0.2, 0.25) is 36.3 Å². The molecule has 0 amide bonds. The van der Waals surface area contributed by atoms with Gasteiger partial charge < -0.3 is 8.85 Å². The summed E-state index contributed by atoms with van der Waals surface area (Å²) in [4.78, 5) is 0. The van der Waals surface area contributed by atoms with E-state index in [1.54, 1.807) is 0 Å². The summed E-state index contributed by atoms with van der Waals surface area (Å²) in [5.74, 6) is 2.84. The van der Waals surface area contributed by atoms with E-state index in [2.05, 4.69) is 94.1 Å². The Kier molecular flexibility index (Phi) is 8.23. The Morgan fingerprint density at radius 2 is 1.27 bits per heavy atom. The van der Waals surface area contributed by atoms with E-state index in [1.165, 1.54) is 0 Å². The molecule has 0 aliphatic rings. The Labute approximate surface area is 166 Å². The molecule has 0 radical (unpaired) electrons. The van der Waals surface area contributed by atoms with Crippen molar-refractivity contribution in [3.05, 3.63) is 12.7 Å². The van der Waals surface area contributed by atoms with Gasteiger partial charge in [0, 0.05) is 11.8 Å². The van der Waals surface area contributed by atoms with E-state index < -0.39 is 16.6 Å². The van der Waals surface area contributed by atoms with Crippen molar-refractivity contribution in [2.24, 2.45) is 5.41 Å². The number of hydrogen-bond donors (Lipinski definition) is 0. The summed E-state index contributed by atoms with van der Waals surface area (Å²) in [6.45, 7) is 31.2. The van der Waals surface area contributed by atoms with Gasteiger partial charge in [-0.25, -0.2) is 0 Å². The predicted molar refractivity (Wildman–Crippen MR) is 122 cm³/mol. The van der Waals surface area contributed by atoms with Gasteiger partial charge in [-0.1, -0.05) is 61.5 Å². The molecule has 0 rings (SSSR count). The van der Waals surface area contributed by atoms with Crippen LogP contribution in [0.1, 0.15) is 61.8 Å². The molecule has 26 heavy (non-hydrogen) atoms. The molecule has 152 valence electrons. The fourth-order valence-corrected chi connectivity index (χ4v) is 5.12. The van der Waals surface area contributed by atoms with Crippen molar-refractivity contribution in [2.75, 3.05) is 0 Å². The topological polar surface area (TPSA) is 18.5 Å². The molecule has 0 aliphatic heterocycles. The van der Waals surface area contributed by atoms with Gasteiger partial charge in [-0.15, -0.1) is 18.9 Å². The van der Waals surface area contributed by atoms with Gasteiger partial charge in [0.05, 0.1) is 12.2 Å². The van der Waals surface area contributed by atoms with Crippen molar-refractivity contribution in [1.29, 1.82) is 0 Å². The summed E-state index contributed by atoms with van der Waals surface area (Å²) in [6, 6.07) is 0. The predicted octanol–water partition coefficient (Wildman–Crippen LogP) is 7.00. The highest BCUT2D eigenvalue weighted by Gasteiger charge is 2.47. The Balaban J connectivity index is 5.78. The number of terminal acetylenes is 1. The minimum atomic E-state index is -1.94. The fraction of sp³-hybridized carbons (Fsp3) is 0.818. The van der Waals surface area contributed by atoms with Crippen LogP contribution in [-0.4, -0.2) is 28.8 Å². The molecule has 4 heteroatoms. The van der Waals surface area contributed by atoms with Crippen LogP contribution in [0.4, 0.5) is 0 Å². The zero-order chi connectivity index (χ0) is 21.2. The maximum Gasteiger partial charge on any atom is 0.192 e. The normalized spacial score (nSPS) is 16.7. The van der Waals surface area contributed by atoms with Crippen LogP contribution < -0.4 is 0 Å². The van der Waals surface area contributed by atoms with Gasteiger partial charge in [0.2, 0.25) is 0 Å². The lowest BCUT2D eigenvalue weighted by molar-refractivity contribution is -0.00957. The maximum atomic E-state index is 6.77. The molecule has 2 unspecified atom stereocenters. The van der Waals surface area contributed by atoms with Crippen LogP contribution in [-0.2, 0) is 8.85 Å². The molecule has 2 atom stereocenters. The lowest BCUT2D eigenvalue weighted by atomic mass is 9.79. The van der Waals surface area contributed by atoms with E-state index in [4.69, 9.17) is 15.3 Å². The summed E-state index contributed by atoms with van der Waals surface area (Å²) in [5, 5.41) is 0.284.